The van der Waals surface area contributed by atoms with Gasteiger partial charge in [-0.3, -0.25) is 9.69 Å². The van der Waals surface area contributed by atoms with Crippen LogP contribution in [0.25, 0.3) is 10.9 Å². The number of nitrogens with zero attached hydrogens (tertiary/aromatic N) is 6. The van der Waals surface area contributed by atoms with Crippen molar-refractivity contribution in [2.24, 2.45) is 0 Å². The maximum atomic E-state index is 13.5. The third-order valence-electron chi connectivity index (χ3n) is 7.31. The highest BCUT2D eigenvalue weighted by Crippen LogP contribution is 2.30. The van der Waals surface area contributed by atoms with E-state index in [0.717, 1.165) is 48.2 Å². The first kappa shape index (κ1) is 25.1. The summed E-state index contributed by atoms with van der Waals surface area (Å²) in [5, 5.41) is 13.6. The van der Waals surface area contributed by atoms with Gasteiger partial charge in [0.15, 0.2) is 5.82 Å². The third kappa shape index (κ3) is 5.01. The number of ether oxygens (including phenoxy) is 1. The molecular weight excluding hydrogens is 466 g/mol. The molecule has 1 unspecified atom stereocenters. The number of anilines is 1. The smallest absolute Gasteiger partial charge is 0.253 e. The van der Waals surface area contributed by atoms with Gasteiger partial charge in [-0.05, 0) is 78.4 Å². The number of rotatable bonds is 7. The van der Waals surface area contributed by atoms with Gasteiger partial charge >= 0.3 is 0 Å². The average Bonchev–Trinajstić information content (AvgIpc) is 3.34. The van der Waals surface area contributed by atoms with Gasteiger partial charge in [0.1, 0.15) is 6.04 Å². The topological polar surface area (TPSA) is 92.2 Å². The SMILES string of the molecule is COCCn1nnnc1C(c1cc2cc(C)cc(C)c2[nH]c1=O)N1CCN(c2cc(C)ccc2C)CC1. The van der Waals surface area contributed by atoms with Crippen molar-refractivity contribution in [3.8, 4) is 0 Å². The Morgan fingerprint density at radius 2 is 1.76 bits per heavy atom. The van der Waals surface area contributed by atoms with Crippen molar-refractivity contribution in [2.45, 2.75) is 40.3 Å². The van der Waals surface area contributed by atoms with Gasteiger partial charge in [-0.15, -0.1) is 5.10 Å². The first-order valence-electron chi connectivity index (χ1n) is 12.8. The molecule has 0 aliphatic carbocycles. The van der Waals surface area contributed by atoms with E-state index in [4.69, 9.17) is 4.74 Å². The van der Waals surface area contributed by atoms with E-state index in [1.807, 2.05) is 13.0 Å². The quantitative estimate of drug-likeness (QED) is 0.415. The molecule has 37 heavy (non-hydrogen) atoms. The van der Waals surface area contributed by atoms with Crippen molar-refractivity contribution in [3.05, 3.63) is 80.4 Å². The molecule has 1 atom stereocenters. The van der Waals surface area contributed by atoms with Gasteiger partial charge in [-0.25, -0.2) is 4.68 Å². The molecule has 2 aromatic heterocycles. The first-order chi connectivity index (χ1) is 17.9. The van der Waals surface area contributed by atoms with Crippen LogP contribution in [0.4, 0.5) is 5.69 Å². The second-order valence-electron chi connectivity index (χ2n) is 10.1. The van der Waals surface area contributed by atoms with Crippen LogP contribution in [-0.4, -0.2) is 70.0 Å². The fourth-order valence-electron chi connectivity index (χ4n) is 5.43. The highest BCUT2D eigenvalue weighted by molar-refractivity contribution is 5.83. The molecule has 194 valence electrons. The van der Waals surface area contributed by atoms with Crippen molar-refractivity contribution >= 4 is 16.6 Å². The van der Waals surface area contributed by atoms with Gasteiger partial charge in [0.25, 0.3) is 5.56 Å². The summed E-state index contributed by atoms with van der Waals surface area (Å²) in [6.45, 7) is 12.6. The highest BCUT2D eigenvalue weighted by atomic mass is 16.5. The Morgan fingerprint density at radius 1 is 0.973 bits per heavy atom. The van der Waals surface area contributed by atoms with Crippen molar-refractivity contribution < 1.29 is 4.74 Å². The van der Waals surface area contributed by atoms with Gasteiger partial charge in [0.2, 0.25) is 0 Å². The molecule has 9 nitrogen and oxygen atoms in total. The zero-order valence-electron chi connectivity index (χ0n) is 22.3. The van der Waals surface area contributed by atoms with Crippen LogP contribution >= 0.6 is 0 Å². The minimum Gasteiger partial charge on any atom is -0.383 e. The number of fused-ring (bicyclic) bond motifs is 1. The number of nitrogens with one attached hydrogen (secondary N) is 1. The molecule has 0 spiro atoms. The van der Waals surface area contributed by atoms with Crippen molar-refractivity contribution in [1.29, 1.82) is 0 Å². The summed E-state index contributed by atoms with van der Waals surface area (Å²) in [5.41, 5.74) is 7.44. The minimum absolute atomic E-state index is 0.109. The van der Waals surface area contributed by atoms with E-state index in [1.54, 1.807) is 11.8 Å². The summed E-state index contributed by atoms with van der Waals surface area (Å²) in [6, 6.07) is 12.4. The molecule has 3 heterocycles. The van der Waals surface area contributed by atoms with Gasteiger partial charge in [0, 0.05) is 44.5 Å². The number of benzene rings is 2. The number of piperazine rings is 1. The lowest BCUT2D eigenvalue weighted by molar-refractivity contribution is 0.171. The Bertz CT molecular complexity index is 1470. The molecular formula is C28H35N7O2. The number of hydrogen-bond donors (Lipinski definition) is 1. The molecule has 1 aliphatic heterocycles. The molecule has 0 bridgehead atoms. The number of aromatic amines is 1. The zero-order valence-corrected chi connectivity index (χ0v) is 22.3. The third-order valence-corrected chi connectivity index (χ3v) is 7.31. The predicted octanol–water partition coefficient (Wildman–Crippen LogP) is 3.31. The largest absolute Gasteiger partial charge is 0.383 e. The van der Waals surface area contributed by atoms with E-state index in [0.29, 0.717) is 24.5 Å². The monoisotopic (exact) mass is 501 g/mol. The average molecular weight is 502 g/mol. The van der Waals surface area contributed by atoms with E-state index in [1.165, 1.54) is 16.8 Å². The normalized spacial score (nSPS) is 15.4. The van der Waals surface area contributed by atoms with Crippen molar-refractivity contribution in [2.75, 3.05) is 44.8 Å². The lowest BCUT2D eigenvalue weighted by atomic mass is 10.00. The van der Waals surface area contributed by atoms with Crippen LogP contribution in [-0.2, 0) is 11.3 Å². The number of tetrazole rings is 1. The molecule has 0 saturated carbocycles. The molecule has 4 aromatic rings. The summed E-state index contributed by atoms with van der Waals surface area (Å²) in [7, 11) is 1.66. The van der Waals surface area contributed by atoms with Gasteiger partial charge in [-0.2, -0.15) is 0 Å². The fraction of sp³-hybridized carbons (Fsp3) is 0.429. The zero-order chi connectivity index (χ0) is 26.1. The van der Waals surface area contributed by atoms with Crippen LogP contribution in [0.5, 0.6) is 0 Å². The Hall–Kier alpha value is -3.56. The Morgan fingerprint density at radius 3 is 2.51 bits per heavy atom. The molecule has 1 saturated heterocycles. The van der Waals surface area contributed by atoms with Gasteiger partial charge in [0.05, 0.1) is 18.7 Å². The molecule has 2 aromatic carbocycles. The van der Waals surface area contributed by atoms with E-state index >= 15 is 0 Å². The predicted molar refractivity (Wildman–Crippen MR) is 145 cm³/mol. The lowest BCUT2D eigenvalue weighted by Crippen LogP contribution is -2.49. The van der Waals surface area contributed by atoms with Crippen LogP contribution in [0.1, 0.15) is 39.7 Å². The summed E-state index contributed by atoms with van der Waals surface area (Å²) >= 11 is 0. The van der Waals surface area contributed by atoms with Crippen LogP contribution in [0, 0.1) is 27.7 Å². The standard InChI is InChI=1S/C28H35N7O2/c1-18-6-7-20(3)24(16-18)33-8-10-34(11-9-33)26(27-30-31-32-35(27)12-13-37-5)23-17-22-15-19(2)14-21(4)25(22)29-28(23)36/h6-7,14-17,26H,8-13H2,1-5H3,(H,29,36). The number of hydrogen-bond acceptors (Lipinski definition) is 7. The lowest BCUT2D eigenvalue weighted by Gasteiger charge is -2.40. The summed E-state index contributed by atoms with van der Waals surface area (Å²) in [6.07, 6.45) is 0. The summed E-state index contributed by atoms with van der Waals surface area (Å²) in [4.78, 5) is 21.5. The second kappa shape index (κ2) is 10.4. The van der Waals surface area contributed by atoms with E-state index in [-0.39, 0.29) is 11.6 Å². The van der Waals surface area contributed by atoms with E-state index < -0.39 is 0 Å². The van der Waals surface area contributed by atoms with Crippen LogP contribution in [0.3, 0.4) is 0 Å². The molecule has 5 rings (SSSR count). The Kier molecular flexibility index (Phi) is 7.08. The van der Waals surface area contributed by atoms with E-state index in [9.17, 15) is 4.79 Å². The van der Waals surface area contributed by atoms with Crippen LogP contribution in [0.15, 0.2) is 41.2 Å². The van der Waals surface area contributed by atoms with Crippen molar-refractivity contribution in [3.63, 3.8) is 0 Å². The van der Waals surface area contributed by atoms with Crippen LogP contribution in [0.2, 0.25) is 0 Å². The number of methoxy groups -OCH3 is 1. The van der Waals surface area contributed by atoms with Crippen molar-refractivity contribution in [1.82, 2.24) is 30.1 Å². The maximum Gasteiger partial charge on any atom is 0.253 e. The van der Waals surface area contributed by atoms with Crippen LogP contribution < -0.4 is 10.5 Å². The molecule has 1 aliphatic rings. The molecule has 9 heteroatoms. The molecule has 0 amide bonds. The summed E-state index contributed by atoms with van der Waals surface area (Å²) < 4.78 is 7.05. The molecule has 1 N–H and O–H groups in total. The first-order valence-corrected chi connectivity index (χ1v) is 12.8. The molecule has 1 fully saturated rings. The van der Waals surface area contributed by atoms with Gasteiger partial charge in [-0.1, -0.05) is 23.8 Å². The minimum atomic E-state index is -0.374. The van der Waals surface area contributed by atoms with E-state index in [2.05, 4.69) is 81.4 Å². The molecule has 0 radical (unpaired) electrons. The Labute approximate surface area is 217 Å². The maximum absolute atomic E-state index is 13.5. The highest BCUT2D eigenvalue weighted by Gasteiger charge is 2.33. The Balaban J connectivity index is 1.54. The number of pyridine rings is 1. The number of H-pyrrole nitrogens is 1. The fourth-order valence-corrected chi connectivity index (χ4v) is 5.43. The van der Waals surface area contributed by atoms with Gasteiger partial charge < -0.3 is 14.6 Å². The summed E-state index contributed by atoms with van der Waals surface area (Å²) in [5.74, 6) is 0.659. The number of aryl methyl sites for hydroxylation is 4. The second-order valence-corrected chi connectivity index (χ2v) is 10.1. The number of aromatic nitrogens is 5.